The maximum absolute atomic E-state index is 12.1. The van der Waals surface area contributed by atoms with Crippen molar-refractivity contribution in [3.05, 3.63) is 53.7 Å². The summed E-state index contributed by atoms with van der Waals surface area (Å²) in [5, 5.41) is 13.7. The van der Waals surface area contributed by atoms with Crippen molar-refractivity contribution in [1.82, 2.24) is 15.3 Å². The van der Waals surface area contributed by atoms with Crippen LogP contribution in [-0.4, -0.2) is 27.9 Å². The van der Waals surface area contributed by atoms with Crippen molar-refractivity contribution >= 4 is 22.9 Å². The number of rotatable bonds is 5. The van der Waals surface area contributed by atoms with Crippen molar-refractivity contribution in [3.63, 3.8) is 0 Å². The molecule has 7 nitrogen and oxygen atoms in total. The molecule has 0 saturated heterocycles. The number of carboxylic acids is 1. The predicted octanol–water partition coefficient (Wildman–Crippen LogP) is 0.555. The lowest BCUT2D eigenvalue weighted by atomic mass is 10.1. The van der Waals surface area contributed by atoms with Crippen molar-refractivity contribution in [2.75, 3.05) is 0 Å². The number of nitrogens with one attached hydrogen (secondary N) is 2. The van der Waals surface area contributed by atoms with Gasteiger partial charge in [0.05, 0.1) is 34.9 Å². The number of carboxylic acid groups (broad SMARTS) is 1. The fraction of sp³-hybridized carbons (Fsp3) is 0.188. The average Bonchev–Trinajstić information content (AvgIpc) is 3.11. The second-order valence-electron chi connectivity index (χ2n) is 5.14. The maximum Gasteiger partial charge on any atom is 0.255 e. The number of hydrogen-bond acceptors (Lipinski definition) is 5. The molecule has 118 valence electrons. The Labute approximate surface area is 131 Å². The van der Waals surface area contributed by atoms with Crippen LogP contribution in [0.25, 0.3) is 11.0 Å². The molecule has 3 aromatic rings. The molecule has 23 heavy (non-hydrogen) atoms. The van der Waals surface area contributed by atoms with Crippen LogP contribution in [0.1, 0.15) is 21.9 Å². The lowest BCUT2D eigenvalue weighted by molar-refractivity contribution is -0.308. The van der Waals surface area contributed by atoms with E-state index in [1.807, 2.05) is 24.3 Å². The Morgan fingerprint density at radius 3 is 2.78 bits per heavy atom. The summed E-state index contributed by atoms with van der Waals surface area (Å²) in [4.78, 5) is 30.8. The Morgan fingerprint density at radius 1 is 1.35 bits per heavy atom. The number of aromatic amines is 1. The number of aryl methyl sites for hydroxylation is 1. The molecule has 0 saturated carbocycles. The molecular formula is C16H14N3O4-. The van der Waals surface area contributed by atoms with Crippen LogP contribution in [-0.2, 0) is 11.2 Å². The van der Waals surface area contributed by atoms with E-state index >= 15 is 0 Å². The molecular weight excluding hydrogens is 298 g/mol. The van der Waals surface area contributed by atoms with E-state index in [4.69, 9.17) is 4.42 Å². The molecule has 0 radical (unpaired) electrons. The molecule has 0 aliphatic heterocycles. The fourth-order valence-electron chi connectivity index (χ4n) is 2.35. The zero-order valence-electron chi connectivity index (χ0n) is 12.3. The van der Waals surface area contributed by atoms with Gasteiger partial charge in [-0.2, -0.15) is 0 Å². The topological polar surface area (TPSA) is 111 Å². The smallest absolute Gasteiger partial charge is 0.255 e. The highest BCUT2D eigenvalue weighted by molar-refractivity contribution is 5.97. The number of carbonyl (C=O) groups is 2. The second kappa shape index (κ2) is 5.96. The Balaban J connectivity index is 1.78. The summed E-state index contributed by atoms with van der Waals surface area (Å²) in [5.74, 6) is -1.02. The van der Waals surface area contributed by atoms with Crippen molar-refractivity contribution in [3.8, 4) is 0 Å². The number of carbonyl (C=O) groups excluding carboxylic acids is 2. The number of aromatic nitrogens is 2. The molecule has 0 spiro atoms. The van der Waals surface area contributed by atoms with E-state index in [0.29, 0.717) is 17.1 Å². The van der Waals surface area contributed by atoms with E-state index < -0.39 is 17.9 Å². The van der Waals surface area contributed by atoms with Crippen LogP contribution in [0.4, 0.5) is 0 Å². The number of para-hydroxylation sites is 2. The van der Waals surface area contributed by atoms with E-state index in [1.165, 1.54) is 12.3 Å². The third kappa shape index (κ3) is 3.08. The zero-order valence-corrected chi connectivity index (χ0v) is 12.3. The van der Waals surface area contributed by atoms with Gasteiger partial charge in [-0.15, -0.1) is 0 Å². The number of aliphatic carboxylic acids is 1. The molecule has 7 heteroatoms. The minimum Gasteiger partial charge on any atom is -0.548 e. The van der Waals surface area contributed by atoms with Gasteiger partial charge in [-0.05, 0) is 25.1 Å². The van der Waals surface area contributed by atoms with Gasteiger partial charge >= 0.3 is 0 Å². The average molecular weight is 312 g/mol. The van der Waals surface area contributed by atoms with Gasteiger partial charge in [0.15, 0.2) is 0 Å². The molecule has 0 aliphatic rings. The molecule has 1 amide bonds. The van der Waals surface area contributed by atoms with E-state index in [9.17, 15) is 14.7 Å². The summed E-state index contributed by atoms with van der Waals surface area (Å²) in [5.41, 5.74) is 1.83. The van der Waals surface area contributed by atoms with Crippen LogP contribution >= 0.6 is 0 Å². The summed E-state index contributed by atoms with van der Waals surface area (Å²) >= 11 is 0. The molecule has 0 unspecified atom stereocenters. The van der Waals surface area contributed by atoms with Crippen LogP contribution in [0, 0.1) is 6.92 Å². The first-order chi connectivity index (χ1) is 11.0. The van der Waals surface area contributed by atoms with Crippen molar-refractivity contribution in [2.24, 2.45) is 0 Å². The van der Waals surface area contributed by atoms with E-state index in [1.54, 1.807) is 6.92 Å². The number of nitrogens with zero attached hydrogens (tertiary/aromatic N) is 1. The number of hydrogen-bond donors (Lipinski definition) is 2. The second-order valence-corrected chi connectivity index (χ2v) is 5.14. The third-order valence-electron chi connectivity index (χ3n) is 3.53. The van der Waals surface area contributed by atoms with Crippen molar-refractivity contribution in [2.45, 2.75) is 19.4 Å². The van der Waals surface area contributed by atoms with Crippen molar-refractivity contribution in [1.29, 1.82) is 0 Å². The van der Waals surface area contributed by atoms with Gasteiger partial charge in [0.25, 0.3) is 5.91 Å². The van der Waals surface area contributed by atoms with E-state index in [0.717, 1.165) is 11.0 Å². The largest absolute Gasteiger partial charge is 0.548 e. The molecule has 0 aliphatic carbocycles. The Kier molecular flexibility index (Phi) is 3.84. The van der Waals surface area contributed by atoms with E-state index in [2.05, 4.69) is 15.3 Å². The van der Waals surface area contributed by atoms with Gasteiger partial charge in [0, 0.05) is 6.42 Å². The lowest BCUT2D eigenvalue weighted by Crippen LogP contribution is -2.49. The van der Waals surface area contributed by atoms with Gasteiger partial charge in [0.2, 0.25) is 0 Å². The molecule has 3 rings (SSSR count). The molecule has 2 N–H and O–H groups in total. The van der Waals surface area contributed by atoms with E-state index in [-0.39, 0.29) is 6.42 Å². The summed E-state index contributed by atoms with van der Waals surface area (Å²) in [7, 11) is 0. The van der Waals surface area contributed by atoms with Gasteiger partial charge < -0.3 is 24.6 Å². The molecule has 0 bridgehead atoms. The molecule has 1 aromatic carbocycles. The van der Waals surface area contributed by atoms with Crippen LogP contribution in [0.3, 0.4) is 0 Å². The molecule has 1 atom stereocenters. The van der Waals surface area contributed by atoms with Crippen molar-refractivity contribution < 1.29 is 19.1 Å². The number of imidazole rings is 1. The van der Waals surface area contributed by atoms with Gasteiger partial charge in [0.1, 0.15) is 11.6 Å². The SMILES string of the molecule is Cc1occc1C(=O)N[C@H](Cc1nc2ccccc2[nH]1)C(=O)[O-]. The van der Waals surface area contributed by atoms with Gasteiger partial charge in [-0.3, -0.25) is 4.79 Å². The quantitative estimate of drug-likeness (QED) is 0.715. The number of fused-ring (bicyclic) bond motifs is 1. The number of H-pyrrole nitrogens is 1. The summed E-state index contributed by atoms with van der Waals surface area (Å²) < 4.78 is 5.04. The van der Waals surface area contributed by atoms with Crippen LogP contribution in [0.2, 0.25) is 0 Å². The Morgan fingerprint density at radius 2 is 2.13 bits per heavy atom. The highest BCUT2D eigenvalue weighted by atomic mass is 16.4. The first kappa shape index (κ1) is 14.8. The Hall–Kier alpha value is -3.09. The van der Waals surface area contributed by atoms with Gasteiger partial charge in [-0.25, -0.2) is 4.98 Å². The maximum atomic E-state index is 12.1. The zero-order chi connectivity index (χ0) is 16.4. The monoisotopic (exact) mass is 312 g/mol. The highest BCUT2D eigenvalue weighted by Crippen LogP contribution is 2.12. The standard InChI is InChI=1S/C16H15N3O4/c1-9-10(6-7-23-9)15(20)19-13(16(21)22)8-14-17-11-4-2-3-5-12(11)18-14/h2-7,13H,8H2,1H3,(H,17,18)(H,19,20)(H,21,22)/p-1/t13-/m1/s1. The normalized spacial score (nSPS) is 12.2. The predicted molar refractivity (Wildman–Crippen MR) is 79.5 cm³/mol. The first-order valence-corrected chi connectivity index (χ1v) is 7.04. The fourth-order valence-corrected chi connectivity index (χ4v) is 2.35. The summed E-state index contributed by atoms with van der Waals surface area (Å²) in [6, 6.07) is 7.64. The lowest BCUT2D eigenvalue weighted by Gasteiger charge is -2.18. The van der Waals surface area contributed by atoms with Gasteiger partial charge in [-0.1, -0.05) is 12.1 Å². The number of furan rings is 1. The molecule has 2 heterocycles. The summed E-state index contributed by atoms with van der Waals surface area (Å²) in [6.45, 7) is 1.63. The number of benzene rings is 1. The first-order valence-electron chi connectivity index (χ1n) is 7.04. The molecule has 2 aromatic heterocycles. The van der Waals surface area contributed by atoms with Crippen LogP contribution in [0.15, 0.2) is 41.0 Å². The number of amides is 1. The third-order valence-corrected chi connectivity index (χ3v) is 3.53. The van der Waals surface area contributed by atoms with Crippen LogP contribution in [0.5, 0.6) is 0 Å². The highest BCUT2D eigenvalue weighted by Gasteiger charge is 2.19. The minimum atomic E-state index is -1.38. The Bertz CT molecular complexity index is 832. The summed E-state index contributed by atoms with van der Waals surface area (Å²) in [6.07, 6.45) is 1.37. The van der Waals surface area contributed by atoms with Crippen LogP contribution < -0.4 is 10.4 Å². The minimum absolute atomic E-state index is 0.000345. The molecule has 0 fully saturated rings.